The third-order valence-corrected chi connectivity index (χ3v) is 4.04. The first kappa shape index (κ1) is 13.7. The Balaban J connectivity index is 2.33. The molecule has 0 spiro atoms. The second-order valence-electron chi connectivity index (χ2n) is 4.81. The first-order valence-corrected chi connectivity index (χ1v) is 6.63. The molecule has 1 heterocycles. The summed E-state index contributed by atoms with van der Waals surface area (Å²) < 4.78 is 10.6. The molecule has 1 aliphatic rings. The van der Waals surface area contributed by atoms with Gasteiger partial charge in [0.15, 0.2) is 0 Å². The number of methoxy groups -OCH3 is 2. The predicted octanol–water partition coefficient (Wildman–Crippen LogP) is 2.62. The third kappa shape index (κ3) is 2.63. The Kier molecular flexibility index (Phi) is 4.49. The van der Waals surface area contributed by atoms with Crippen molar-refractivity contribution in [1.82, 2.24) is 5.32 Å². The molecular formula is C14H20ClNO2. The van der Waals surface area contributed by atoms with Crippen molar-refractivity contribution in [2.45, 2.75) is 18.3 Å². The van der Waals surface area contributed by atoms with Gasteiger partial charge in [-0.2, -0.15) is 0 Å². The van der Waals surface area contributed by atoms with Crippen LogP contribution in [0.25, 0.3) is 0 Å². The molecule has 1 aromatic carbocycles. The molecule has 2 rings (SSSR count). The number of ether oxygens (including phenoxy) is 2. The summed E-state index contributed by atoms with van der Waals surface area (Å²) in [5.74, 6) is 0.724. The molecule has 0 unspecified atom stereocenters. The fourth-order valence-corrected chi connectivity index (χ4v) is 2.95. The first-order chi connectivity index (χ1) is 8.72. The quantitative estimate of drug-likeness (QED) is 0.912. The molecule has 0 atom stereocenters. The number of rotatable bonds is 4. The highest BCUT2D eigenvalue weighted by atomic mass is 35.5. The number of hydrogen-bond acceptors (Lipinski definition) is 3. The largest absolute Gasteiger partial charge is 0.495 e. The summed E-state index contributed by atoms with van der Waals surface area (Å²) in [7, 11) is 3.39. The highest BCUT2D eigenvalue weighted by molar-refractivity contribution is 6.32. The Morgan fingerprint density at radius 3 is 2.56 bits per heavy atom. The van der Waals surface area contributed by atoms with Gasteiger partial charge in [0.2, 0.25) is 0 Å². The molecule has 100 valence electrons. The predicted molar refractivity (Wildman–Crippen MR) is 73.7 cm³/mol. The van der Waals surface area contributed by atoms with E-state index in [1.54, 1.807) is 14.2 Å². The van der Waals surface area contributed by atoms with Gasteiger partial charge in [-0.05, 0) is 43.6 Å². The molecule has 0 aromatic heterocycles. The van der Waals surface area contributed by atoms with E-state index in [1.807, 2.05) is 12.1 Å². The maximum Gasteiger partial charge on any atom is 0.137 e. The molecule has 0 amide bonds. The number of halogens is 1. The minimum Gasteiger partial charge on any atom is -0.495 e. The van der Waals surface area contributed by atoms with Gasteiger partial charge in [-0.15, -0.1) is 0 Å². The van der Waals surface area contributed by atoms with E-state index in [-0.39, 0.29) is 5.41 Å². The van der Waals surface area contributed by atoms with Crippen molar-refractivity contribution in [3.8, 4) is 5.75 Å². The molecule has 1 aliphatic heterocycles. The lowest BCUT2D eigenvalue weighted by Gasteiger charge is -2.37. The van der Waals surface area contributed by atoms with Crippen LogP contribution in [0.5, 0.6) is 5.75 Å². The van der Waals surface area contributed by atoms with Gasteiger partial charge in [-0.25, -0.2) is 0 Å². The molecule has 0 saturated carbocycles. The monoisotopic (exact) mass is 269 g/mol. The molecule has 0 radical (unpaired) electrons. The van der Waals surface area contributed by atoms with Crippen molar-refractivity contribution >= 4 is 11.6 Å². The van der Waals surface area contributed by atoms with Crippen LogP contribution in [0, 0.1) is 0 Å². The van der Waals surface area contributed by atoms with Gasteiger partial charge < -0.3 is 14.8 Å². The summed E-state index contributed by atoms with van der Waals surface area (Å²) in [4.78, 5) is 0. The number of hydrogen-bond donors (Lipinski definition) is 1. The van der Waals surface area contributed by atoms with E-state index in [1.165, 1.54) is 5.56 Å². The number of piperidine rings is 1. The van der Waals surface area contributed by atoms with Crippen molar-refractivity contribution in [3.63, 3.8) is 0 Å². The molecule has 1 N–H and O–H groups in total. The summed E-state index contributed by atoms with van der Waals surface area (Å²) in [5.41, 5.74) is 1.33. The second-order valence-corrected chi connectivity index (χ2v) is 5.22. The molecule has 3 nitrogen and oxygen atoms in total. The smallest absolute Gasteiger partial charge is 0.137 e. The molecule has 1 fully saturated rings. The molecule has 0 bridgehead atoms. The van der Waals surface area contributed by atoms with Gasteiger partial charge in [0.25, 0.3) is 0 Å². The van der Waals surface area contributed by atoms with Crippen molar-refractivity contribution in [3.05, 3.63) is 28.8 Å². The van der Waals surface area contributed by atoms with E-state index < -0.39 is 0 Å². The zero-order chi connectivity index (χ0) is 13.0. The normalized spacial score (nSPS) is 18.6. The lowest BCUT2D eigenvalue weighted by Crippen LogP contribution is -2.42. The fraction of sp³-hybridized carbons (Fsp3) is 0.571. The van der Waals surface area contributed by atoms with E-state index >= 15 is 0 Å². The highest BCUT2D eigenvalue weighted by Crippen LogP contribution is 2.37. The van der Waals surface area contributed by atoms with Crippen LogP contribution < -0.4 is 10.1 Å². The van der Waals surface area contributed by atoms with Crippen LogP contribution in [0.3, 0.4) is 0 Å². The Morgan fingerprint density at radius 1 is 1.28 bits per heavy atom. The summed E-state index contributed by atoms with van der Waals surface area (Å²) in [6, 6.07) is 6.07. The van der Waals surface area contributed by atoms with Crippen LogP contribution >= 0.6 is 11.6 Å². The minimum atomic E-state index is 0.0793. The number of nitrogens with one attached hydrogen (secondary N) is 1. The van der Waals surface area contributed by atoms with Gasteiger partial charge in [0.1, 0.15) is 5.75 Å². The topological polar surface area (TPSA) is 30.5 Å². The fourth-order valence-electron chi connectivity index (χ4n) is 2.69. The molecule has 18 heavy (non-hydrogen) atoms. The first-order valence-electron chi connectivity index (χ1n) is 6.25. The van der Waals surface area contributed by atoms with Gasteiger partial charge in [-0.3, -0.25) is 0 Å². The standard InChI is InChI=1S/C14H20ClNO2/c1-17-10-14(5-7-16-8-6-14)11-3-4-13(18-2)12(15)9-11/h3-4,9,16H,5-8,10H2,1-2H3. The SMILES string of the molecule is COCC1(c2ccc(OC)c(Cl)c2)CCNCC1. The summed E-state index contributed by atoms with van der Waals surface area (Å²) >= 11 is 6.23. The minimum absolute atomic E-state index is 0.0793. The van der Waals surface area contributed by atoms with Crippen molar-refractivity contribution < 1.29 is 9.47 Å². The van der Waals surface area contributed by atoms with Gasteiger partial charge in [0, 0.05) is 12.5 Å². The summed E-state index contributed by atoms with van der Waals surface area (Å²) in [6.45, 7) is 2.78. The molecule has 1 saturated heterocycles. The molecule has 0 aliphatic carbocycles. The average Bonchev–Trinajstić information content (AvgIpc) is 2.40. The van der Waals surface area contributed by atoms with Crippen LogP contribution in [-0.4, -0.2) is 33.9 Å². The zero-order valence-corrected chi connectivity index (χ0v) is 11.7. The van der Waals surface area contributed by atoms with Crippen molar-refractivity contribution in [2.24, 2.45) is 0 Å². The van der Waals surface area contributed by atoms with Crippen LogP contribution in [0.15, 0.2) is 18.2 Å². The van der Waals surface area contributed by atoms with E-state index in [9.17, 15) is 0 Å². The lowest BCUT2D eigenvalue weighted by molar-refractivity contribution is 0.108. The van der Waals surface area contributed by atoms with E-state index in [0.29, 0.717) is 5.02 Å². The summed E-state index contributed by atoms with van der Waals surface area (Å²) in [6.07, 6.45) is 2.15. The van der Waals surface area contributed by atoms with Gasteiger partial charge >= 0.3 is 0 Å². The van der Waals surface area contributed by atoms with Crippen LogP contribution in [0.2, 0.25) is 5.02 Å². The molecular weight excluding hydrogens is 250 g/mol. The van der Waals surface area contributed by atoms with Crippen LogP contribution in [-0.2, 0) is 10.2 Å². The maximum absolute atomic E-state index is 6.23. The highest BCUT2D eigenvalue weighted by Gasteiger charge is 2.34. The Labute approximate surface area is 113 Å². The van der Waals surface area contributed by atoms with Crippen molar-refractivity contribution in [2.75, 3.05) is 33.9 Å². The Bertz CT molecular complexity index is 397. The average molecular weight is 270 g/mol. The van der Waals surface area contributed by atoms with E-state index in [2.05, 4.69) is 11.4 Å². The third-order valence-electron chi connectivity index (χ3n) is 3.75. The molecule has 1 aromatic rings. The van der Waals surface area contributed by atoms with E-state index in [0.717, 1.165) is 38.3 Å². The Hall–Kier alpha value is -0.770. The zero-order valence-electron chi connectivity index (χ0n) is 11.0. The Morgan fingerprint density at radius 2 is 2.00 bits per heavy atom. The van der Waals surface area contributed by atoms with Gasteiger partial charge in [0.05, 0.1) is 18.7 Å². The van der Waals surface area contributed by atoms with E-state index in [4.69, 9.17) is 21.1 Å². The second kappa shape index (κ2) is 5.91. The summed E-state index contributed by atoms with van der Waals surface area (Å²) in [5, 5.41) is 4.06. The van der Waals surface area contributed by atoms with Gasteiger partial charge in [-0.1, -0.05) is 17.7 Å². The molecule has 4 heteroatoms. The lowest BCUT2D eigenvalue weighted by atomic mass is 9.74. The van der Waals surface area contributed by atoms with Crippen LogP contribution in [0.4, 0.5) is 0 Å². The van der Waals surface area contributed by atoms with Crippen molar-refractivity contribution in [1.29, 1.82) is 0 Å². The number of benzene rings is 1. The maximum atomic E-state index is 6.23. The van der Waals surface area contributed by atoms with Crippen LogP contribution in [0.1, 0.15) is 18.4 Å².